The standard InChI is InChI=1S/C11H16BrNO2S/c1-8(5-6-13)9-3-4-11(10(12)7-9)16(2,14)15/h3-4,7-8H,5-6,13H2,1-2H3. The molecule has 0 aliphatic rings. The Labute approximate surface area is 105 Å². The maximum absolute atomic E-state index is 11.4. The average Bonchev–Trinajstić information content (AvgIpc) is 2.16. The Hall–Kier alpha value is -0.390. The van der Waals surface area contributed by atoms with Crippen molar-refractivity contribution in [2.45, 2.75) is 24.2 Å². The van der Waals surface area contributed by atoms with E-state index in [4.69, 9.17) is 5.73 Å². The summed E-state index contributed by atoms with van der Waals surface area (Å²) in [5, 5.41) is 0. The lowest BCUT2D eigenvalue weighted by Gasteiger charge is -2.12. The van der Waals surface area contributed by atoms with Gasteiger partial charge in [-0.25, -0.2) is 8.42 Å². The fourth-order valence-electron chi connectivity index (χ4n) is 1.54. The predicted molar refractivity (Wildman–Crippen MR) is 69.3 cm³/mol. The van der Waals surface area contributed by atoms with Crippen molar-refractivity contribution in [2.75, 3.05) is 12.8 Å². The molecule has 1 aromatic rings. The molecule has 0 aliphatic carbocycles. The normalized spacial score (nSPS) is 13.8. The van der Waals surface area contributed by atoms with Gasteiger partial charge in [0.25, 0.3) is 0 Å². The lowest BCUT2D eigenvalue weighted by molar-refractivity contribution is 0.601. The van der Waals surface area contributed by atoms with Gasteiger partial charge in [-0.2, -0.15) is 0 Å². The lowest BCUT2D eigenvalue weighted by atomic mass is 9.98. The molecule has 5 heteroatoms. The molecule has 2 N–H and O–H groups in total. The highest BCUT2D eigenvalue weighted by Crippen LogP contribution is 2.27. The van der Waals surface area contributed by atoms with Crippen LogP contribution in [0.5, 0.6) is 0 Å². The van der Waals surface area contributed by atoms with Crippen LogP contribution in [0.15, 0.2) is 27.6 Å². The molecule has 90 valence electrons. The lowest BCUT2D eigenvalue weighted by Crippen LogP contribution is -2.05. The summed E-state index contributed by atoms with van der Waals surface area (Å²) >= 11 is 3.29. The molecule has 1 aromatic carbocycles. The molecule has 3 nitrogen and oxygen atoms in total. The van der Waals surface area contributed by atoms with Gasteiger partial charge in [-0.05, 0) is 52.5 Å². The highest BCUT2D eigenvalue weighted by Gasteiger charge is 2.13. The monoisotopic (exact) mass is 305 g/mol. The Morgan fingerprint density at radius 2 is 2.06 bits per heavy atom. The van der Waals surface area contributed by atoms with Crippen LogP contribution in [0, 0.1) is 0 Å². The Morgan fingerprint density at radius 3 is 2.50 bits per heavy atom. The second-order valence-corrected chi connectivity index (χ2v) is 6.78. The molecule has 0 fully saturated rings. The molecule has 1 unspecified atom stereocenters. The highest BCUT2D eigenvalue weighted by molar-refractivity contribution is 9.10. The molecule has 0 aliphatic heterocycles. The molecule has 0 radical (unpaired) electrons. The molecule has 1 rings (SSSR count). The first-order chi connectivity index (χ1) is 7.36. The van der Waals surface area contributed by atoms with E-state index in [0.717, 1.165) is 12.0 Å². The molecular formula is C11H16BrNO2S. The van der Waals surface area contributed by atoms with Crippen LogP contribution in [0.4, 0.5) is 0 Å². The number of halogens is 1. The topological polar surface area (TPSA) is 60.2 Å². The van der Waals surface area contributed by atoms with Gasteiger partial charge in [-0.1, -0.05) is 13.0 Å². The molecule has 0 saturated heterocycles. The summed E-state index contributed by atoms with van der Waals surface area (Å²) in [6.45, 7) is 2.71. The molecule has 0 bridgehead atoms. The Kier molecular flexibility index (Phi) is 4.52. The van der Waals surface area contributed by atoms with Gasteiger partial charge in [0.05, 0.1) is 4.90 Å². The van der Waals surface area contributed by atoms with Crippen molar-refractivity contribution in [1.29, 1.82) is 0 Å². The second-order valence-electron chi connectivity index (χ2n) is 3.94. The van der Waals surface area contributed by atoms with Crippen molar-refractivity contribution >= 4 is 25.8 Å². The first-order valence-corrected chi connectivity index (χ1v) is 7.74. The number of rotatable bonds is 4. The summed E-state index contributed by atoms with van der Waals surface area (Å²) in [4.78, 5) is 0.330. The van der Waals surface area contributed by atoms with Crippen LogP contribution < -0.4 is 5.73 Å². The van der Waals surface area contributed by atoms with Crippen molar-refractivity contribution in [3.8, 4) is 0 Å². The molecule has 0 spiro atoms. The minimum absolute atomic E-state index is 0.330. The molecule has 16 heavy (non-hydrogen) atoms. The molecule has 0 saturated carbocycles. The molecular weight excluding hydrogens is 290 g/mol. The maximum atomic E-state index is 11.4. The smallest absolute Gasteiger partial charge is 0.176 e. The molecule has 0 heterocycles. The van der Waals surface area contributed by atoms with Crippen molar-refractivity contribution in [3.63, 3.8) is 0 Å². The first-order valence-electron chi connectivity index (χ1n) is 5.06. The van der Waals surface area contributed by atoms with Crippen molar-refractivity contribution < 1.29 is 8.42 Å². The molecule has 0 aromatic heterocycles. The fraction of sp³-hybridized carbons (Fsp3) is 0.455. The average molecular weight is 306 g/mol. The summed E-state index contributed by atoms with van der Waals surface area (Å²) < 4.78 is 23.4. The van der Waals surface area contributed by atoms with E-state index in [0.29, 0.717) is 21.8 Å². The van der Waals surface area contributed by atoms with E-state index in [1.54, 1.807) is 6.07 Å². The number of hydrogen-bond acceptors (Lipinski definition) is 3. The third-order valence-corrected chi connectivity index (χ3v) is 4.60. The third kappa shape index (κ3) is 3.30. The zero-order chi connectivity index (χ0) is 12.3. The van der Waals surface area contributed by atoms with Crippen LogP contribution in [0.3, 0.4) is 0 Å². The summed E-state index contributed by atoms with van der Waals surface area (Å²) in [7, 11) is -3.16. The minimum atomic E-state index is -3.16. The van der Waals surface area contributed by atoms with Gasteiger partial charge in [-0.15, -0.1) is 0 Å². The van der Waals surface area contributed by atoms with Crippen LogP contribution in [-0.2, 0) is 9.84 Å². The van der Waals surface area contributed by atoms with Crippen molar-refractivity contribution in [1.82, 2.24) is 0 Å². The van der Waals surface area contributed by atoms with Crippen LogP contribution in [0.25, 0.3) is 0 Å². The van der Waals surface area contributed by atoms with Gasteiger partial charge in [0.1, 0.15) is 0 Å². The fourth-order valence-corrected chi connectivity index (χ4v) is 3.55. The van der Waals surface area contributed by atoms with Crippen LogP contribution in [0.1, 0.15) is 24.8 Å². The Bertz CT molecular complexity index is 471. The zero-order valence-corrected chi connectivity index (χ0v) is 11.8. The van der Waals surface area contributed by atoms with E-state index >= 15 is 0 Å². The van der Waals surface area contributed by atoms with Crippen molar-refractivity contribution in [2.24, 2.45) is 5.73 Å². The van der Waals surface area contributed by atoms with E-state index in [9.17, 15) is 8.42 Å². The van der Waals surface area contributed by atoms with E-state index in [2.05, 4.69) is 22.9 Å². The predicted octanol–water partition coefficient (Wildman–Crippen LogP) is 2.30. The second kappa shape index (κ2) is 5.29. The van der Waals surface area contributed by atoms with Gasteiger partial charge in [0.15, 0.2) is 9.84 Å². The van der Waals surface area contributed by atoms with Gasteiger partial charge >= 0.3 is 0 Å². The van der Waals surface area contributed by atoms with Crippen LogP contribution in [-0.4, -0.2) is 21.2 Å². The molecule has 0 amide bonds. The van der Waals surface area contributed by atoms with E-state index in [-0.39, 0.29) is 0 Å². The van der Waals surface area contributed by atoms with Crippen molar-refractivity contribution in [3.05, 3.63) is 28.2 Å². The summed E-state index contributed by atoms with van der Waals surface area (Å²) in [5.41, 5.74) is 6.60. The van der Waals surface area contributed by atoms with Crippen LogP contribution in [0.2, 0.25) is 0 Å². The largest absolute Gasteiger partial charge is 0.330 e. The maximum Gasteiger partial charge on any atom is 0.176 e. The van der Waals surface area contributed by atoms with E-state index in [1.165, 1.54) is 6.26 Å². The highest BCUT2D eigenvalue weighted by atomic mass is 79.9. The summed E-state index contributed by atoms with van der Waals surface area (Å²) in [6, 6.07) is 5.35. The van der Waals surface area contributed by atoms with Gasteiger partial charge in [-0.3, -0.25) is 0 Å². The summed E-state index contributed by atoms with van der Waals surface area (Å²) in [5.74, 6) is 0.343. The zero-order valence-electron chi connectivity index (χ0n) is 9.40. The van der Waals surface area contributed by atoms with Gasteiger partial charge in [0, 0.05) is 10.7 Å². The quantitative estimate of drug-likeness (QED) is 0.928. The third-order valence-electron chi connectivity index (χ3n) is 2.52. The number of benzene rings is 1. The Morgan fingerprint density at radius 1 is 1.44 bits per heavy atom. The van der Waals surface area contributed by atoms with Gasteiger partial charge in [0.2, 0.25) is 0 Å². The minimum Gasteiger partial charge on any atom is -0.330 e. The number of hydrogen-bond donors (Lipinski definition) is 1. The van der Waals surface area contributed by atoms with E-state index < -0.39 is 9.84 Å². The molecule has 1 atom stereocenters. The van der Waals surface area contributed by atoms with Crippen LogP contribution >= 0.6 is 15.9 Å². The number of nitrogens with two attached hydrogens (primary N) is 1. The SMILES string of the molecule is CC(CCN)c1ccc(S(C)(=O)=O)c(Br)c1. The van der Waals surface area contributed by atoms with Gasteiger partial charge < -0.3 is 5.73 Å². The summed E-state index contributed by atoms with van der Waals surface area (Å²) in [6.07, 6.45) is 2.10. The number of sulfone groups is 1. The first kappa shape index (κ1) is 13.7. The van der Waals surface area contributed by atoms with E-state index in [1.807, 2.05) is 12.1 Å². The Balaban J connectivity index is 3.09.